The highest BCUT2D eigenvalue weighted by atomic mass is 31.0. The van der Waals surface area contributed by atoms with Gasteiger partial charge in [-0.05, 0) is 0 Å². The van der Waals surface area contributed by atoms with Crippen molar-refractivity contribution in [1.82, 2.24) is 5.32 Å². The lowest BCUT2D eigenvalue weighted by Gasteiger charge is -2.04. The maximum atomic E-state index is 10.2. The van der Waals surface area contributed by atoms with Crippen LogP contribution in [0.4, 0.5) is 0 Å². The van der Waals surface area contributed by atoms with E-state index in [1.165, 1.54) is 6.92 Å². The van der Waals surface area contributed by atoms with Crippen molar-refractivity contribution >= 4 is 21.1 Å². The van der Waals surface area contributed by atoms with Gasteiger partial charge in [0.2, 0.25) is 5.91 Å². The first kappa shape index (κ1) is 8.37. The first-order chi connectivity index (χ1) is 4.04. The number of hydrogen-bond donors (Lipinski definition) is 2. The van der Waals surface area contributed by atoms with Crippen LogP contribution in [0.25, 0.3) is 0 Å². The van der Waals surface area contributed by atoms with Crippen LogP contribution < -0.4 is 5.32 Å². The summed E-state index contributed by atoms with van der Waals surface area (Å²) in [5.41, 5.74) is 0. The number of rotatable bonds is 2. The Hall–Kier alpha value is -0.630. The SMILES string of the molecule is CC(=O)N[C@@H](P)C(=O)O. The average Bonchev–Trinajstić information content (AvgIpc) is 1.63. The largest absolute Gasteiger partial charge is 0.479 e. The molecule has 1 amide bonds. The van der Waals surface area contributed by atoms with Gasteiger partial charge in [-0.25, -0.2) is 4.79 Å². The Morgan fingerprint density at radius 1 is 1.67 bits per heavy atom. The van der Waals surface area contributed by atoms with E-state index in [2.05, 4.69) is 5.32 Å². The van der Waals surface area contributed by atoms with Gasteiger partial charge in [0.05, 0.1) is 0 Å². The van der Waals surface area contributed by atoms with Gasteiger partial charge < -0.3 is 10.4 Å². The molecule has 0 heterocycles. The van der Waals surface area contributed by atoms with Crippen molar-refractivity contribution < 1.29 is 14.7 Å². The molecular weight excluding hydrogens is 141 g/mol. The minimum absolute atomic E-state index is 0.350. The molecule has 0 aliphatic heterocycles. The van der Waals surface area contributed by atoms with Crippen LogP contribution in [0.2, 0.25) is 0 Å². The zero-order chi connectivity index (χ0) is 7.44. The van der Waals surface area contributed by atoms with E-state index in [0.29, 0.717) is 0 Å². The fourth-order valence-corrected chi connectivity index (χ4v) is 0.515. The standard InChI is InChI=1S/C4H8NO3P/c1-2(6)5-3(9)4(7)8/h3H,9H2,1H3,(H,5,6)(H,7,8)/t3-/m0/s1. The molecule has 0 aromatic heterocycles. The van der Waals surface area contributed by atoms with Gasteiger partial charge in [0.1, 0.15) is 5.78 Å². The van der Waals surface area contributed by atoms with E-state index in [1.54, 1.807) is 0 Å². The number of carboxylic acid groups (broad SMARTS) is 1. The van der Waals surface area contributed by atoms with Crippen molar-refractivity contribution in [1.29, 1.82) is 0 Å². The van der Waals surface area contributed by atoms with Crippen molar-refractivity contribution in [2.24, 2.45) is 0 Å². The first-order valence-corrected chi connectivity index (χ1v) is 2.96. The minimum Gasteiger partial charge on any atom is -0.479 e. The summed E-state index contributed by atoms with van der Waals surface area (Å²) in [6.45, 7) is 1.26. The van der Waals surface area contributed by atoms with Gasteiger partial charge in [0.25, 0.3) is 0 Å². The number of nitrogens with one attached hydrogen (secondary N) is 1. The number of carbonyl (C=O) groups is 2. The van der Waals surface area contributed by atoms with E-state index in [4.69, 9.17) is 5.11 Å². The third-order valence-corrected chi connectivity index (χ3v) is 1.08. The Morgan fingerprint density at radius 3 is 2.22 bits per heavy atom. The molecule has 2 atom stereocenters. The topological polar surface area (TPSA) is 66.4 Å². The summed E-state index contributed by atoms with van der Waals surface area (Å²) in [7, 11) is 1.99. The summed E-state index contributed by atoms with van der Waals surface area (Å²) in [4.78, 5) is 20.2. The van der Waals surface area contributed by atoms with Crippen LogP contribution in [0, 0.1) is 0 Å². The molecule has 4 nitrogen and oxygen atoms in total. The molecule has 0 aliphatic rings. The maximum absolute atomic E-state index is 10.2. The summed E-state index contributed by atoms with van der Waals surface area (Å²) in [5.74, 6) is -2.28. The second kappa shape index (κ2) is 3.41. The predicted octanol–water partition coefficient (Wildman–Crippen LogP) is -0.592. The van der Waals surface area contributed by atoms with Gasteiger partial charge in [0, 0.05) is 6.92 Å². The zero-order valence-corrected chi connectivity index (χ0v) is 6.07. The summed E-state index contributed by atoms with van der Waals surface area (Å²) >= 11 is 0. The Balaban J connectivity index is 3.63. The molecule has 0 radical (unpaired) electrons. The first-order valence-electron chi connectivity index (χ1n) is 2.29. The molecule has 9 heavy (non-hydrogen) atoms. The van der Waals surface area contributed by atoms with Gasteiger partial charge in [0.15, 0.2) is 0 Å². The molecule has 0 fully saturated rings. The third-order valence-electron chi connectivity index (χ3n) is 0.625. The van der Waals surface area contributed by atoms with Crippen molar-refractivity contribution in [2.45, 2.75) is 12.7 Å². The lowest BCUT2D eigenvalue weighted by atomic mass is 10.6. The van der Waals surface area contributed by atoms with Crippen LogP contribution in [0.15, 0.2) is 0 Å². The number of hydrogen-bond acceptors (Lipinski definition) is 2. The fourth-order valence-electron chi connectivity index (χ4n) is 0.281. The zero-order valence-electron chi connectivity index (χ0n) is 4.92. The summed E-state index contributed by atoms with van der Waals surface area (Å²) in [6.07, 6.45) is 0. The fraction of sp³-hybridized carbons (Fsp3) is 0.500. The molecular formula is C4H8NO3P. The van der Waals surface area contributed by atoms with Crippen molar-refractivity contribution in [3.05, 3.63) is 0 Å². The molecule has 1 unspecified atom stereocenters. The lowest BCUT2D eigenvalue weighted by molar-refractivity contribution is -0.138. The summed E-state index contributed by atoms with van der Waals surface area (Å²) in [5, 5.41) is 10.4. The minimum atomic E-state index is -1.06. The van der Waals surface area contributed by atoms with Crippen LogP contribution in [0.5, 0.6) is 0 Å². The number of amides is 1. The van der Waals surface area contributed by atoms with Gasteiger partial charge in [-0.1, -0.05) is 0 Å². The molecule has 5 heteroatoms. The quantitative estimate of drug-likeness (QED) is 0.515. The van der Waals surface area contributed by atoms with E-state index in [9.17, 15) is 9.59 Å². The molecule has 0 aliphatic carbocycles. The predicted molar refractivity (Wildman–Crippen MR) is 35.0 cm³/mol. The molecule has 0 rings (SSSR count). The van der Waals surface area contributed by atoms with Crippen LogP contribution >= 0.6 is 9.24 Å². The highest BCUT2D eigenvalue weighted by molar-refractivity contribution is 7.19. The molecule has 52 valence electrons. The van der Waals surface area contributed by atoms with Crippen molar-refractivity contribution in [3.8, 4) is 0 Å². The molecule has 2 N–H and O–H groups in total. The maximum Gasteiger partial charge on any atom is 0.330 e. The van der Waals surface area contributed by atoms with Crippen LogP contribution in [-0.2, 0) is 9.59 Å². The second-order valence-electron chi connectivity index (χ2n) is 1.52. The molecule has 0 saturated carbocycles. The van der Waals surface area contributed by atoms with E-state index < -0.39 is 11.8 Å². The number of carboxylic acids is 1. The molecule has 0 aromatic carbocycles. The normalized spacial score (nSPS) is 12.2. The lowest BCUT2D eigenvalue weighted by Crippen LogP contribution is -2.34. The smallest absolute Gasteiger partial charge is 0.330 e. The molecule has 0 aromatic rings. The van der Waals surface area contributed by atoms with E-state index in [-0.39, 0.29) is 5.91 Å². The molecule has 0 saturated heterocycles. The van der Waals surface area contributed by atoms with Crippen molar-refractivity contribution in [3.63, 3.8) is 0 Å². The van der Waals surface area contributed by atoms with Gasteiger partial charge in [-0.2, -0.15) is 0 Å². The highest BCUT2D eigenvalue weighted by Crippen LogP contribution is 1.93. The Bertz CT molecular complexity index is 136. The van der Waals surface area contributed by atoms with Gasteiger partial charge in [-0.15, -0.1) is 9.24 Å². The average molecular weight is 149 g/mol. The Labute approximate surface area is 54.8 Å². The van der Waals surface area contributed by atoms with Crippen LogP contribution in [0.3, 0.4) is 0 Å². The number of aliphatic carboxylic acids is 1. The van der Waals surface area contributed by atoms with E-state index in [1.807, 2.05) is 9.24 Å². The Morgan fingerprint density at radius 2 is 2.11 bits per heavy atom. The van der Waals surface area contributed by atoms with E-state index in [0.717, 1.165) is 0 Å². The van der Waals surface area contributed by atoms with Crippen LogP contribution in [-0.4, -0.2) is 22.8 Å². The second-order valence-corrected chi connectivity index (χ2v) is 2.18. The number of carbonyl (C=O) groups excluding carboxylic acids is 1. The van der Waals surface area contributed by atoms with Crippen molar-refractivity contribution in [2.75, 3.05) is 0 Å². The third kappa shape index (κ3) is 3.91. The van der Waals surface area contributed by atoms with Gasteiger partial charge >= 0.3 is 5.97 Å². The highest BCUT2D eigenvalue weighted by Gasteiger charge is 2.09. The van der Waals surface area contributed by atoms with Gasteiger partial charge in [-0.3, -0.25) is 4.79 Å². The summed E-state index contributed by atoms with van der Waals surface area (Å²) in [6, 6.07) is 0. The molecule has 0 bridgehead atoms. The monoisotopic (exact) mass is 149 g/mol. The molecule has 0 spiro atoms. The Kier molecular flexibility index (Phi) is 3.17. The summed E-state index contributed by atoms with van der Waals surface area (Å²) < 4.78 is 0. The van der Waals surface area contributed by atoms with Crippen LogP contribution in [0.1, 0.15) is 6.92 Å². The van der Waals surface area contributed by atoms with E-state index >= 15 is 0 Å².